The minimum absolute atomic E-state index is 0.000902. The topological polar surface area (TPSA) is 147 Å². The van der Waals surface area contributed by atoms with Gasteiger partial charge >= 0.3 is 7.75 Å². The Hall–Kier alpha value is -2.56. The third-order valence-corrected chi connectivity index (χ3v) is 6.22. The maximum atomic E-state index is 13.0. The van der Waals surface area contributed by atoms with Gasteiger partial charge in [0.2, 0.25) is 0 Å². The Morgan fingerprint density at radius 2 is 2.07 bits per heavy atom. The number of anilines is 2. The van der Waals surface area contributed by atoms with E-state index in [2.05, 4.69) is 20.0 Å². The van der Waals surface area contributed by atoms with Gasteiger partial charge in [0.25, 0.3) is 0 Å². The number of hydrogen-bond donors (Lipinski definition) is 3. The monoisotopic (exact) mass is 404 g/mol. The molecule has 12 heteroatoms. The predicted octanol–water partition coefficient (Wildman–Crippen LogP) is 1.30. The fraction of sp³-hybridized carbons (Fsp3) is 0.312. The summed E-state index contributed by atoms with van der Waals surface area (Å²) in [6.07, 6.45) is -0.644. The minimum atomic E-state index is -3.66. The Morgan fingerprint density at radius 1 is 1.25 bits per heavy atom. The second kappa shape index (κ2) is 6.50. The highest BCUT2D eigenvalue weighted by molar-refractivity contribution is 7.55. The molecule has 0 unspecified atom stereocenters. The van der Waals surface area contributed by atoms with Crippen molar-refractivity contribution in [2.24, 2.45) is 0 Å². The molecular weight excluding hydrogens is 387 g/mol. The van der Waals surface area contributed by atoms with Gasteiger partial charge in [0, 0.05) is 5.69 Å². The zero-order chi connectivity index (χ0) is 19.3. The molecular formula is C16H17N6O5P. The fourth-order valence-electron chi connectivity index (χ4n) is 3.36. The number of imidazole rings is 1. The van der Waals surface area contributed by atoms with E-state index in [-0.39, 0.29) is 12.4 Å². The molecule has 2 aliphatic rings. The molecule has 1 aromatic carbocycles. The summed E-state index contributed by atoms with van der Waals surface area (Å²) in [5.41, 5.74) is 7.22. The van der Waals surface area contributed by atoms with Crippen LogP contribution in [-0.2, 0) is 18.3 Å². The molecule has 0 saturated carbocycles. The van der Waals surface area contributed by atoms with Crippen molar-refractivity contribution in [3.8, 4) is 0 Å². The molecule has 3 aromatic rings. The second-order valence-electron chi connectivity index (χ2n) is 6.48. The first kappa shape index (κ1) is 17.5. The molecule has 0 bridgehead atoms. The van der Waals surface area contributed by atoms with Gasteiger partial charge in [-0.2, -0.15) is 0 Å². The van der Waals surface area contributed by atoms with E-state index in [9.17, 15) is 9.67 Å². The number of ether oxygens (including phenoxy) is 1. The lowest BCUT2D eigenvalue weighted by atomic mass is 10.1. The third kappa shape index (κ3) is 2.84. The van der Waals surface area contributed by atoms with Gasteiger partial charge in [-0.1, -0.05) is 18.2 Å². The molecule has 5 atom stereocenters. The number of benzene rings is 1. The van der Waals surface area contributed by atoms with Gasteiger partial charge in [0.05, 0.1) is 12.9 Å². The molecule has 2 aliphatic heterocycles. The molecule has 4 heterocycles. The van der Waals surface area contributed by atoms with Crippen molar-refractivity contribution < 1.29 is 23.5 Å². The quantitative estimate of drug-likeness (QED) is 0.546. The van der Waals surface area contributed by atoms with E-state index in [0.29, 0.717) is 16.9 Å². The Morgan fingerprint density at radius 3 is 2.89 bits per heavy atom. The summed E-state index contributed by atoms with van der Waals surface area (Å²) in [5.74, 6) is 0.227. The van der Waals surface area contributed by atoms with Crippen molar-refractivity contribution in [2.45, 2.75) is 24.5 Å². The van der Waals surface area contributed by atoms with Crippen molar-refractivity contribution in [2.75, 3.05) is 17.4 Å². The summed E-state index contributed by atoms with van der Waals surface area (Å²) in [6.45, 7) is -0.000902. The van der Waals surface area contributed by atoms with Crippen molar-refractivity contribution >= 4 is 30.4 Å². The van der Waals surface area contributed by atoms with E-state index in [1.807, 2.05) is 6.07 Å². The second-order valence-corrected chi connectivity index (χ2v) is 8.17. The minimum Gasteiger partial charge on any atom is -0.386 e. The molecule has 0 aliphatic carbocycles. The lowest BCUT2D eigenvalue weighted by Crippen LogP contribution is -2.40. The normalized spacial score (nSPS) is 32.3. The lowest BCUT2D eigenvalue weighted by molar-refractivity contribution is -0.0578. The van der Waals surface area contributed by atoms with Crippen LogP contribution < -0.4 is 10.8 Å². The maximum Gasteiger partial charge on any atom is 0.433 e. The first-order valence-electron chi connectivity index (χ1n) is 8.57. The number of aliphatic hydroxyl groups is 1. The molecule has 0 radical (unpaired) electrons. The number of para-hydroxylation sites is 1. The SMILES string of the molecule is Nc1ncnc2c1ncn2[C@@H]1O[C@@H]2CO[P@](=O)(Nc3ccccc3)O[C@H]2[C@H]1O. The molecule has 5 rings (SSSR count). The van der Waals surface area contributed by atoms with Crippen LogP contribution in [0.4, 0.5) is 11.5 Å². The zero-order valence-electron chi connectivity index (χ0n) is 14.5. The summed E-state index contributed by atoms with van der Waals surface area (Å²) in [5, 5.41) is 13.6. The van der Waals surface area contributed by atoms with Crippen LogP contribution in [0.3, 0.4) is 0 Å². The number of fused-ring (bicyclic) bond motifs is 2. The first-order valence-corrected chi connectivity index (χ1v) is 10.1. The molecule has 2 fully saturated rings. The average molecular weight is 404 g/mol. The number of nitrogen functional groups attached to an aromatic ring is 1. The van der Waals surface area contributed by atoms with E-state index in [4.69, 9.17) is 19.5 Å². The standard InChI is InChI=1S/C16H17N6O5P/c17-14-11-15(19-7-18-14)22(8-20-11)16-12(23)13-10(26-16)6-25-28(24,27-13)21-9-4-2-1-3-5-9/h1-5,7-8,10,12-13,16,23H,6H2,(H,21,24)(H2,17,18,19)/t10-,12-,13-,16-,28-/m1/s1. The third-order valence-electron chi connectivity index (χ3n) is 4.68. The van der Waals surface area contributed by atoms with Crippen LogP contribution in [0.25, 0.3) is 11.2 Å². The number of nitrogens with one attached hydrogen (secondary N) is 1. The van der Waals surface area contributed by atoms with Gasteiger partial charge < -0.3 is 15.6 Å². The number of aliphatic hydroxyl groups excluding tert-OH is 1. The van der Waals surface area contributed by atoms with E-state index < -0.39 is 32.3 Å². The summed E-state index contributed by atoms with van der Waals surface area (Å²) < 4.78 is 31.5. The van der Waals surface area contributed by atoms with E-state index in [0.717, 1.165) is 0 Å². The van der Waals surface area contributed by atoms with Crippen LogP contribution in [0.15, 0.2) is 43.0 Å². The molecule has 28 heavy (non-hydrogen) atoms. The van der Waals surface area contributed by atoms with Crippen LogP contribution in [0, 0.1) is 0 Å². The highest BCUT2D eigenvalue weighted by Gasteiger charge is 2.53. The number of rotatable bonds is 3. The Kier molecular flexibility index (Phi) is 4.07. The van der Waals surface area contributed by atoms with Crippen molar-refractivity contribution in [1.82, 2.24) is 19.5 Å². The van der Waals surface area contributed by atoms with Crippen LogP contribution in [0.2, 0.25) is 0 Å². The van der Waals surface area contributed by atoms with Crippen molar-refractivity contribution in [3.05, 3.63) is 43.0 Å². The van der Waals surface area contributed by atoms with Gasteiger partial charge in [-0.15, -0.1) is 0 Å². The van der Waals surface area contributed by atoms with Gasteiger partial charge in [-0.3, -0.25) is 18.7 Å². The Bertz CT molecular complexity index is 1060. The molecule has 146 valence electrons. The Balaban J connectivity index is 1.40. The first-order chi connectivity index (χ1) is 13.5. The summed E-state index contributed by atoms with van der Waals surface area (Å²) in [7, 11) is -3.66. The van der Waals surface area contributed by atoms with Gasteiger partial charge in [0.1, 0.15) is 30.2 Å². The molecule has 11 nitrogen and oxygen atoms in total. The number of nitrogens with zero attached hydrogens (tertiary/aromatic N) is 4. The van der Waals surface area contributed by atoms with Crippen molar-refractivity contribution in [3.63, 3.8) is 0 Å². The number of hydrogen-bond acceptors (Lipinski definition) is 9. The van der Waals surface area contributed by atoms with Gasteiger partial charge in [0.15, 0.2) is 17.7 Å². The highest BCUT2D eigenvalue weighted by atomic mass is 31.2. The lowest BCUT2D eigenvalue weighted by Gasteiger charge is -2.31. The summed E-state index contributed by atoms with van der Waals surface area (Å²) in [6, 6.07) is 8.91. The number of aromatic nitrogens is 4. The molecule has 4 N–H and O–H groups in total. The highest BCUT2D eigenvalue weighted by Crippen LogP contribution is 2.55. The molecule has 0 spiro atoms. The van der Waals surface area contributed by atoms with E-state index >= 15 is 0 Å². The maximum absolute atomic E-state index is 13.0. The predicted molar refractivity (Wildman–Crippen MR) is 98.1 cm³/mol. The van der Waals surface area contributed by atoms with Crippen LogP contribution in [0.5, 0.6) is 0 Å². The Labute approximate surface area is 159 Å². The summed E-state index contributed by atoms with van der Waals surface area (Å²) >= 11 is 0. The average Bonchev–Trinajstić information content (AvgIpc) is 3.25. The summed E-state index contributed by atoms with van der Waals surface area (Å²) in [4.78, 5) is 12.2. The van der Waals surface area contributed by atoms with E-state index in [1.54, 1.807) is 28.8 Å². The largest absolute Gasteiger partial charge is 0.433 e. The molecule has 2 aromatic heterocycles. The van der Waals surface area contributed by atoms with Gasteiger partial charge in [-0.05, 0) is 12.1 Å². The number of nitrogens with two attached hydrogens (primary N) is 1. The van der Waals surface area contributed by atoms with Crippen molar-refractivity contribution in [1.29, 1.82) is 0 Å². The molecule has 0 amide bonds. The van der Waals surface area contributed by atoms with Crippen LogP contribution >= 0.6 is 7.75 Å². The van der Waals surface area contributed by atoms with Crippen LogP contribution in [-0.4, -0.2) is 49.5 Å². The van der Waals surface area contributed by atoms with Gasteiger partial charge in [-0.25, -0.2) is 19.5 Å². The van der Waals surface area contributed by atoms with E-state index in [1.165, 1.54) is 12.7 Å². The smallest absolute Gasteiger partial charge is 0.386 e. The van der Waals surface area contributed by atoms with Crippen LogP contribution in [0.1, 0.15) is 6.23 Å². The fourth-order valence-corrected chi connectivity index (χ4v) is 4.93. The molecule has 2 saturated heterocycles. The zero-order valence-corrected chi connectivity index (χ0v) is 15.3.